The van der Waals surface area contributed by atoms with E-state index in [1.165, 1.54) is 36.0 Å². The smallest absolute Gasteiger partial charge is 0.273 e. The highest BCUT2D eigenvalue weighted by molar-refractivity contribution is 7.33. The first-order valence-electron chi connectivity index (χ1n) is 8.68. The Kier molecular flexibility index (Phi) is 8.17. The Morgan fingerprint density at radius 1 is 0.917 bits per heavy atom. The molecular weight excluding hydrogens is 355 g/mol. The molecule has 0 aromatic heterocycles. The molecule has 0 atom stereocenters. The van der Waals surface area contributed by atoms with Gasteiger partial charge in [0.15, 0.2) is 0 Å². The molecular formula is C20H25Cl2OSi. The number of aryl methyl sites for hydroxylation is 2. The summed E-state index contributed by atoms with van der Waals surface area (Å²) in [5, 5.41) is 9.81. The highest BCUT2D eigenvalue weighted by Gasteiger charge is 2.09. The van der Waals surface area contributed by atoms with Gasteiger partial charge in [-0.3, -0.25) is 0 Å². The Hall–Kier alpha value is -0.963. The van der Waals surface area contributed by atoms with Gasteiger partial charge in [-0.25, -0.2) is 0 Å². The maximum absolute atomic E-state index is 9.81. The van der Waals surface area contributed by atoms with Gasteiger partial charge in [0.05, 0.1) is 0 Å². The van der Waals surface area contributed by atoms with E-state index in [4.69, 9.17) is 22.2 Å². The minimum atomic E-state index is -1.23. The highest BCUT2D eigenvalue weighted by atomic mass is 35.7. The van der Waals surface area contributed by atoms with Crippen molar-refractivity contribution < 1.29 is 5.11 Å². The van der Waals surface area contributed by atoms with Crippen LogP contribution in [0.4, 0.5) is 0 Å². The Morgan fingerprint density at radius 2 is 1.67 bits per heavy atom. The molecule has 0 saturated heterocycles. The second-order valence-electron chi connectivity index (χ2n) is 6.19. The van der Waals surface area contributed by atoms with Gasteiger partial charge in [-0.2, -0.15) is 0 Å². The first-order chi connectivity index (χ1) is 11.6. The predicted octanol–water partition coefficient (Wildman–Crippen LogP) is 6.69. The van der Waals surface area contributed by atoms with Crippen molar-refractivity contribution in [2.24, 2.45) is 0 Å². The van der Waals surface area contributed by atoms with Crippen LogP contribution in [0.2, 0.25) is 6.04 Å². The molecule has 1 nitrogen and oxygen atoms in total. The van der Waals surface area contributed by atoms with Gasteiger partial charge in [0.25, 0.3) is 7.42 Å². The largest absolute Gasteiger partial charge is 0.508 e. The van der Waals surface area contributed by atoms with Gasteiger partial charge in [-0.15, -0.1) is 22.2 Å². The predicted molar refractivity (Wildman–Crippen MR) is 107 cm³/mol. The topological polar surface area (TPSA) is 20.2 Å². The summed E-state index contributed by atoms with van der Waals surface area (Å²) in [5.74, 6) is 0.312. The van der Waals surface area contributed by atoms with Crippen molar-refractivity contribution in [1.29, 1.82) is 0 Å². The fourth-order valence-electron chi connectivity index (χ4n) is 2.91. The van der Waals surface area contributed by atoms with E-state index in [9.17, 15) is 5.11 Å². The summed E-state index contributed by atoms with van der Waals surface area (Å²) in [6.07, 6.45) is 6.77. The molecule has 2 aromatic carbocycles. The van der Waals surface area contributed by atoms with Crippen molar-refractivity contribution in [2.75, 3.05) is 0 Å². The number of hydrogen-bond acceptors (Lipinski definition) is 1. The maximum atomic E-state index is 9.81. The quantitative estimate of drug-likeness (QED) is 0.292. The van der Waals surface area contributed by atoms with Crippen LogP contribution in [0, 0.1) is 0 Å². The Morgan fingerprint density at radius 3 is 2.33 bits per heavy atom. The molecule has 0 amide bonds. The summed E-state index contributed by atoms with van der Waals surface area (Å²) in [7, 11) is -1.23. The van der Waals surface area contributed by atoms with E-state index in [-0.39, 0.29) is 0 Å². The fourth-order valence-corrected chi connectivity index (χ4v) is 4.16. The third-order valence-electron chi connectivity index (χ3n) is 4.23. The van der Waals surface area contributed by atoms with Crippen LogP contribution in [-0.4, -0.2) is 12.5 Å². The van der Waals surface area contributed by atoms with Gasteiger partial charge < -0.3 is 5.11 Å². The molecule has 1 N–H and O–H groups in total. The molecule has 24 heavy (non-hydrogen) atoms. The highest BCUT2D eigenvalue weighted by Crippen LogP contribution is 2.29. The van der Waals surface area contributed by atoms with Crippen LogP contribution in [0.1, 0.15) is 43.7 Å². The van der Waals surface area contributed by atoms with Crippen molar-refractivity contribution in [2.45, 2.75) is 51.5 Å². The number of phenolic OH excluding ortho intramolecular Hbond substituents is 1. The lowest BCUT2D eigenvalue weighted by molar-refractivity contribution is 0.474. The average Bonchev–Trinajstić information content (AvgIpc) is 2.56. The first kappa shape index (κ1) is 19.4. The molecule has 0 bridgehead atoms. The van der Waals surface area contributed by atoms with Gasteiger partial charge in [-0.1, -0.05) is 50.1 Å². The van der Waals surface area contributed by atoms with Gasteiger partial charge in [0.1, 0.15) is 5.75 Å². The molecule has 129 valence electrons. The SMILES string of the molecule is CCCCCc1ccc(-c2ccc(O)cc2CCC[Si](Cl)Cl)cc1. The zero-order chi connectivity index (χ0) is 17.4. The van der Waals surface area contributed by atoms with Crippen molar-refractivity contribution >= 4 is 29.6 Å². The fraction of sp³-hybridized carbons (Fsp3) is 0.400. The van der Waals surface area contributed by atoms with Crippen molar-refractivity contribution in [3.05, 3.63) is 53.6 Å². The van der Waals surface area contributed by atoms with Gasteiger partial charge in [0.2, 0.25) is 0 Å². The van der Waals surface area contributed by atoms with E-state index >= 15 is 0 Å². The van der Waals surface area contributed by atoms with E-state index in [2.05, 4.69) is 31.2 Å². The lowest BCUT2D eigenvalue weighted by atomic mass is 9.95. The Balaban J connectivity index is 2.12. The number of aromatic hydroxyl groups is 1. The van der Waals surface area contributed by atoms with Crippen LogP contribution in [-0.2, 0) is 12.8 Å². The Labute approximate surface area is 156 Å². The Bertz CT molecular complexity index is 626. The summed E-state index contributed by atoms with van der Waals surface area (Å²) in [6, 6.07) is 15.3. The second-order valence-corrected chi connectivity index (χ2v) is 10.7. The van der Waals surface area contributed by atoms with E-state index in [1.807, 2.05) is 12.1 Å². The molecule has 0 aliphatic rings. The molecule has 0 unspecified atom stereocenters. The number of halogens is 2. The van der Waals surface area contributed by atoms with Crippen LogP contribution in [0.5, 0.6) is 5.75 Å². The van der Waals surface area contributed by atoms with Crippen LogP contribution < -0.4 is 0 Å². The van der Waals surface area contributed by atoms with Crippen molar-refractivity contribution in [3.63, 3.8) is 0 Å². The minimum absolute atomic E-state index is 0.312. The summed E-state index contributed by atoms with van der Waals surface area (Å²) < 4.78 is 0. The normalized spacial score (nSPS) is 11.2. The van der Waals surface area contributed by atoms with E-state index in [0.29, 0.717) is 5.75 Å². The van der Waals surface area contributed by atoms with Crippen LogP contribution in [0.3, 0.4) is 0 Å². The van der Waals surface area contributed by atoms with E-state index < -0.39 is 7.42 Å². The third kappa shape index (κ3) is 6.16. The van der Waals surface area contributed by atoms with E-state index in [0.717, 1.165) is 30.9 Å². The minimum Gasteiger partial charge on any atom is -0.508 e. The molecule has 0 saturated carbocycles. The molecule has 0 fully saturated rings. The molecule has 1 radical (unpaired) electrons. The molecule has 4 heteroatoms. The zero-order valence-electron chi connectivity index (χ0n) is 14.2. The number of hydrogen-bond donors (Lipinski definition) is 1. The monoisotopic (exact) mass is 379 g/mol. The number of benzene rings is 2. The van der Waals surface area contributed by atoms with Crippen molar-refractivity contribution in [1.82, 2.24) is 0 Å². The summed E-state index contributed by atoms with van der Waals surface area (Å²) in [6.45, 7) is 2.23. The van der Waals surface area contributed by atoms with Crippen molar-refractivity contribution in [3.8, 4) is 16.9 Å². The van der Waals surface area contributed by atoms with Crippen LogP contribution in [0.15, 0.2) is 42.5 Å². The standard InChI is InChI=1S/C20H25Cl2OSi/c1-2-3-4-6-16-8-10-17(11-9-16)20-13-12-19(23)15-18(20)7-5-14-24(21)22/h8-13,15,23H,2-7,14H2,1H3. The summed E-state index contributed by atoms with van der Waals surface area (Å²) in [4.78, 5) is 0. The summed E-state index contributed by atoms with van der Waals surface area (Å²) in [5.41, 5.74) is 4.94. The molecule has 0 heterocycles. The molecule has 2 aromatic rings. The first-order valence-corrected chi connectivity index (χ1v) is 12.4. The van der Waals surface area contributed by atoms with E-state index in [1.54, 1.807) is 6.07 Å². The summed E-state index contributed by atoms with van der Waals surface area (Å²) >= 11 is 11.8. The lowest BCUT2D eigenvalue weighted by Crippen LogP contribution is -1.96. The van der Waals surface area contributed by atoms with Crippen LogP contribution in [0.25, 0.3) is 11.1 Å². The average molecular weight is 380 g/mol. The molecule has 0 aliphatic heterocycles. The number of rotatable bonds is 9. The zero-order valence-corrected chi connectivity index (χ0v) is 16.7. The van der Waals surface area contributed by atoms with Gasteiger partial charge >= 0.3 is 0 Å². The van der Waals surface area contributed by atoms with Crippen LogP contribution >= 0.6 is 22.2 Å². The number of phenols is 1. The van der Waals surface area contributed by atoms with Gasteiger partial charge in [0, 0.05) is 0 Å². The lowest BCUT2D eigenvalue weighted by Gasteiger charge is -2.11. The molecule has 0 spiro atoms. The molecule has 0 aliphatic carbocycles. The van der Waals surface area contributed by atoms with Gasteiger partial charge in [-0.05, 0) is 66.1 Å². The number of unbranched alkanes of at least 4 members (excludes halogenated alkanes) is 2. The third-order valence-corrected chi connectivity index (χ3v) is 6.10. The molecule has 2 rings (SSSR count). The maximum Gasteiger partial charge on any atom is 0.273 e. The second kappa shape index (κ2) is 10.1.